The SMILES string of the molecule is c1ccc(C(c2ccccc2)(c2cccc(Oc3cccc(-c4ccccn4)c3)c2)c2ccccn2)cc1. The van der Waals surface area contributed by atoms with Gasteiger partial charge in [-0.05, 0) is 65.2 Å². The first-order chi connectivity index (χ1) is 18.8. The van der Waals surface area contributed by atoms with E-state index in [1.165, 1.54) is 0 Å². The Morgan fingerprint density at radius 3 is 1.66 bits per heavy atom. The van der Waals surface area contributed by atoms with Gasteiger partial charge in [-0.25, -0.2) is 0 Å². The van der Waals surface area contributed by atoms with Crippen molar-refractivity contribution in [1.29, 1.82) is 0 Å². The van der Waals surface area contributed by atoms with Crippen molar-refractivity contribution in [1.82, 2.24) is 9.97 Å². The van der Waals surface area contributed by atoms with Crippen LogP contribution in [-0.4, -0.2) is 9.97 Å². The van der Waals surface area contributed by atoms with Crippen molar-refractivity contribution in [3.63, 3.8) is 0 Å². The number of benzene rings is 4. The van der Waals surface area contributed by atoms with Crippen LogP contribution >= 0.6 is 0 Å². The molecule has 6 rings (SSSR count). The number of hydrogen-bond acceptors (Lipinski definition) is 3. The molecule has 0 saturated heterocycles. The highest BCUT2D eigenvalue weighted by molar-refractivity contribution is 5.62. The summed E-state index contributed by atoms with van der Waals surface area (Å²) in [5, 5.41) is 0. The molecular weight excluding hydrogens is 464 g/mol. The first kappa shape index (κ1) is 23.4. The summed E-state index contributed by atoms with van der Waals surface area (Å²) in [4.78, 5) is 9.37. The molecule has 0 saturated carbocycles. The molecule has 2 heterocycles. The number of ether oxygens (including phenoxy) is 1. The lowest BCUT2D eigenvalue weighted by atomic mass is 9.67. The molecule has 4 aromatic carbocycles. The van der Waals surface area contributed by atoms with Gasteiger partial charge in [0, 0.05) is 18.0 Å². The number of rotatable bonds is 7. The maximum absolute atomic E-state index is 6.44. The second-order valence-electron chi connectivity index (χ2n) is 9.07. The van der Waals surface area contributed by atoms with Crippen molar-refractivity contribution < 1.29 is 4.74 Å². The number of pyridine rings is 2. The van der Waals surface area contributed by atoms with Gasteiger partial charge in [0.1, 0.15) is 11.5 Å². The van der Waals surface area contributed by atoms with E-state index >= 15 is 0 Å². The van der Waals surface area contributed by atoms with Crippen LogP contribution in [0.5, 0.6) is 11.5 Å². The van der Waals surface area contributed by atoms with E-state index < -0.39 is 5.41 Å². The second kappa shape index (κ2) is 10.5. The maximum atomic E-state index is 6.44. The molecule has 3 heteroatoms. The van der Waals surface area contributed by atoms with Crippen LogP contribution in [-0.2, 0) is 5.41 Å². The summed E-state index contributed by atoms with van der Waals surface area (Å²) >= 11 is 0. The zero-order chi connectivity index (χ0) is 25.6. The summed E-state index contributed by atoms with van der Waals surface area (Å²) in [7, 11) is 0. The van der Waals surface area contributed by atoms with Gasteiger partial charge in [-0.3, -0.25) is 9.97 Å². The molecule has 6 aromatic rings. The van der Waals surface area contributed by atoms with E-state index in [1.54, 1.807) is 6.20 Å². The molecule has 0 fully saturated rings. The third kappa shape index (κ3) is 4.46. The van der Waals surface area contributed by atoms with E-state index in [9.17, 15) is 0 Å². The Hall–Kier alpha value is -5.02. The van der Waals surface area contributed by atoms with E-state index in [-0.39, 0.29) is 0 Å². The zero-order valence-electron chi connectivity index (χ0n) is 20.8. The van der Waals surface area contributed by atoms with Crippen molar-refractivity contribution in [2.45, 2.75) is 5.41 Å². The zero-order valence-corrected chi connectivity index (χ0v) is 20.8. The Morgan fingerprint density at radius 1 is 0.447 bits per heavy atom. The number of aromatic nitrogens is 2. The highest BCUT2D eigenvalue weighted by Crippen LogP contribution is 2.45. The molecule has 0 atom stereocenters. The predicted octanol–water partition coefficient (Wildman–Crippen LogP) is 8.32. The number of nitrogens with zero attached hydrogens (tertiary/aromatic N) is 2. The minimum atomic E-state index is -0.626. The molecule has 0 spiro atoms. The summed E-state index contributed by atoms with van der Waals surface area (Å²) < 4.78 is 6.44. The average molecular weight is 491 g/mol. The fraction of sp³-hybridized carbons (Fsp3) is 0.0286. The Kier molecular flexibility index (Phi) is 6.48. The number of hydrogen-bond donors (Lipinski definition) is 0. The molecule has 0 amide bonds. The van der Waals surface area contributed by atoms with Crippen molar-refractivity contribution in [2.75, 3.05) is 0 Å². The minimum Gasteiger partial charge on any atom is -0.457 e. The monoisotopic (exact) mass is 490 g/mol. The summed E-state index contributed by atoms with van der Waals surface area (Å²) in [6, 6.07) is 49.5. The lowest BCUT2D eigenvalue weighted by Crippen LogP contribution is -2.32. The second-order valence-corrected chi connectivity index (χ2v) is 9.07. The molecule has 0 bridgehead atoms. The maximum Gasteiger partial charge on any atom is 0.128 e. The largest absolute Gasteiger partial charge is 0.457 e. The lowest BCUT2D eigenvalue weighted by molar-refractivity contribution is 0.481. The molecule has 182 valence electrons. The Labute approximate surface area is 223 Å². The fourth-order valence-electron chi connectivity index (χ4n) is 5.09. The van der Waals surface area contributed by atoms with Gasteiger partial charge in [-0.15, -0.1) is 0 Å². The first-order valence-corrected chi connectivity index (χ1v) is 12.7. The summed E-state index contributed by atoms with van der Waals surface area (Å²) in [6.45, 7) is 0. The van der Waals surface area contributed by atoms with Crippen molar-refractivity contribution in [3.05, 3.63) is 180 Å². The summed E-state index contributed by atoms with van der Waals surface area (Å²) in [5.41, 5.74) is 5.60. The van der Waals surface area contributed by atoms with Crippen molar-refractivity contribution >= 4 is 0 Å². The van der Waals surface area contributed by atoms with Crippen LogP contribution in [0.4, 0.5) is 0 Å². The van der Waals surface area contributed by atoms with Gasteiger partial charge in [0.2, 0.25) is 0 Å². The van der Waals surface area contributed by atoms with Gasteiger partial charge < -0.3 is 4.74 Å². The fourth-order valence-corrected chi connectivity index (χ4v) is 5.09. The van der Waals surface area contributed by atoms with Gasteiger partial charge in [0.05, 0.1) is 16.8 Å². The molecule has 3 nitrogen and oxygen atoms in total. The van der Waals surface area contributed by atoms with Crippen molar-refractivity contribution in [3.8, 4) is 22.8 Å². The third-order valence-electron chi connectivity index (χ3n) is 6.76. The van der Waals surface area contributed by atoms with Crippen LogP contribution in [0.1, 0.15) is 22.4 Å². The first-order valence-electron chi connectivity index (χ1n) is 12.7. The summed E-state index contributed by atoms with van der Waals surface area (Å²) in [5.74, 6) is 1.51. The van der Waals surface area contributed by atoms with E-state index in [2.05, 4.69) is 77.8 Å². The molecule has 0 aliphatic carbocycles. The highest BCUT2D eigenvalue weighted by atomic mass is 16.5. The highest BCUT2D eigenvalue weighted by Gasteiger charge is 2.39. The van der Waals surface area contributed by atoms with E-state index in [1.807, 2.05) is 79.0 Å². The van der Waals surface area contributed by atoms with Crippen LogP contribution in [0.25, 0.3) is 11.3 Å². The quantitative estimate of drug-likeness (QED) is 0.211. The molecule has 0 unspecified atom stereocenters. The van der Waals surface area contributed by atoms with Gasteiger partial charge in [-0.1, -0.05) is 97.1 Å². The average Bonchev–Trinajstić information content (AvgIpc) is 3.00. The lowest BCUT2D eigenvalue weighted by Gasteiger charge is -2.35. The molecule has 0 aliphatic rings. The molecule has 0 N–H and O–H groups in total. The molecule has 2 aromatic heterocycles. The Morgan fingerprint density at radius 2 is 1.03 bits per heavy atom. The predicted molar refractivity (Wildman–Crippen MR) is 152 cm³/mol. The molecule has 0 aliphatic heterocycles. The molecule has 0 radical (unpaired) electrons. The van der Waals surface area contributed by atoms with Crippen molar-refractivity contribution in [2.24, 2.45) is 0 Å². The van der Waals surface area contributed by atoms with Gasteiger partial charge >= 0.3 is 0 Å². The van der Waals surface area contributed by atoms with Crippen LogP contribution in [0.2, 0.25) is 0 Å². The van der Waals surface area contributed by atoms with E-state index in [4.69, 9.17) is 9.72 Å². The Bertz CT molecular complexity index is 1520. The smallest absolute Gasteiger partial charge is 0.128 e. The van der Waals surface area contributed by atoms with Gasteiger partial charge in [0.25, 0.3) is 0 Å². The molecule has 38 heavy (non-hydrogen) atoms. The van der Waals surface area contributed by atoms with E-state index in [0.717, 1.165) is 45.1 Å². The Balaban J connectivity index is 1.49. The van der Waals surface area contributed by atoms with Crippen LogP contribution < -0.4 is 4.74 Å². The molecular formula is C35H26N2O. The third-order valence-corrected chi connectivity index (χ3v) is 6.76. The minimum absolute atomic E-state index is 0.626. The van der Waals surface area contributed by atoms with E-state index in [0.29, 0.717) is 0 Å². The van der Waals surface area contributed by atoms with Gasteiger partial charge in [-0.2, -0.15) is 0 Å². The topological polar surface area (TPSA) is 35.0 Å². The summed E-state index contributed by atoms with van der Waals surface area (Å²) in [6.07, 6.45) is 3.66. The normalized spacial score (nSPS) is 11.2. The van der Waals surface area contributed by atoms with Crippen LogP contribution in [0.15, 0.2) is 158 Å². The standard InChI is InChI=1S/C35H26N2O/c1-3-14-28(15-4-1)35(29-16-5-2-6-17-29,34-22-8-10-24-37-34)30-18-12-20-32(26-30)38-31-19-11-13-27(25-31)33-21-7-9-23-36-33/h1-26H. The van der Waals surface area contributed by atoms with Crippen LogP contribution in [0.3, 0.4) is 0 Å². The van der Waals surface area contributed by atoms with Crippen LogP contribution in [0, 0.1) is 0 Å². The van der Waals surface area contributed by atoms with Gasteiger partial charge in [0.15, 0.2) is 0 Å².